The summed E-state index contributed by atoms with van der Waals surface area (Å²) < 4.78 is 5.66. The minimum Gasteiger partial charge on any atom is -0.481 e. The number of nitrogens with one attached hydrogen (secondary N) is 1. The number of nitrogens with zero attached hydrogens (tertiary/aromatic N) is 1. The second-order valence-corrected chi connectivity index (χ2v) is 10.2. The largest absolute Gasteiger partial charge is 0.481 e. The van der Waals surface area contributed by atoms with Gasteiger partial charge in [-0.2, -0.15) is 0 Å². The smallest absolute Gasteiger partial charge is 0.407 e. The summed E-state index contributed by atoms with van der Waals surface area (Å²) in [5, 5.41) is 12.1. The number of aliphatic carboxylic acids is 1. The Hall–Kier alpha value is -3.35. The Labute approximate surface area is 205 Å². The van der Waals surface area contributed by atoms with Crippen LogP contribution in [0.2, 0.25) is 0 Å². The molecule has 184 valence electrons. The number of carbonyl (C=O) groups excluding carboxylic acids is 2. The SMILES string of the molecule is O=C(O)CC1CCCN1C(=O)CC1(CNC(=O)OCC2c3ccccc3-c3ccccc32)CCC1. The molecule has 0 spiro atoms. The van der Waals surface area contributed by atoms with Gasteiger partial charge in [0.2, 0.25) is 5.91 Å². The molecule has 2 aromatic rings. The maximum atomic E-state index is 13.0. The van der Waals surface area contributed by atoms with Gasteiger partial charge in [-0.15, -0.1) is 0 Å². The number of fused-ring (bicyclic) bond motifs is 3. The van der Waals surface area contributed by atoms with Crippen LogP contribution in [0.5, 0.6) is 0 Å². The van der Waals surface area contributed by atoms with Crippen molar-refractivity contribution in [2.45, 2.75) is 56.9 Å². The van der Waals surface area contributed by atoms with E-state index in [1.165, 1.54) is 22.3 Å². The fraction of sp³-hybridized carbons (Fsp3) is 0.464. The van der Waals surface area contributed by atoms with Crippen molar-refractivity contribution >= 4 is 18.0 Å². The normalized spacial score (nSPS) is 20.0. The summed E-state index contributed by atoms with van der Waals surface area (Å²) in [6, 6.07) is 16.2. The molecule has 0 radical (unpaired) electrons. The quantitative estimate of drug-likeness (QED) is 0.583. The Morgan fingerprint density at radius 3 is 2.26 bits per heavy atom. The van der Waals surface area contributed by atoms with Crippen molar-refractivity contribution in [1.82, 2.24) is 10.2 Å². The molecule has 7 heteroatoms. The van der Waals surface area contributed by atoms with Gasteiger partial charge in [0.1, 0.15) is 6.61 Å². The minimum atomic E-state index is -0.870. The number of carboxylic acids is 1. The van der Waals surface area contributed by atoms with E-state index < -0.39 is 12.1 Å². The van der Waals surface area contributed by atoms with Gasteiger partial charge >= 0.3 is 12.1 Å². The maximum absolute atomic E-state index is 13.0. The van der Waals surface area contributed by atoms with Crippen LogP contribution >= 0.6 is 0 Å². The van der Waals surface area contributed by atoms with E-state index in [2.05, 4.69) is 29.6 Å². The topological polar surface area (TPSA) is 95.9 Å². The minimum absolute atomic E-state index is 0.00258. The molecule has 2 fully saturated rings. The highest BCUT2D eigenvalue weighted by atomic mass is 16.5. The number of hydrogen-bond acceptors (Lipinski definition) is 4. The molecule has 7 nitrogen and oxygen atoms in total. The molecule has 5 rings (SSSR count). The van der Waals surface area contributed by atoms with Crippen LogP contribution < -0.4 is 5.32 Å². The van der Waals surface area contributed by atoms with E-state index in [0.29, 0.717) is 19.5 Å². The van der Waals surface area contributed by atoms with Gasteiger partial charge in [0, 0.05) is 31.5 Å². The van der Waals surface area contributed by atoms with Gasteiger partial charge in [-0.05, 0) is 53.4 Å². The molecule has 3 aliphatic rings. The van der Waals surface area contributed by atoms with Crippen molar-refractivity contribution in [3.8, 4) is 11.1 Å². The fourth-order valence-electron chi connectivity index (χ4n) is 6.00. The van der Waals surface area contributed by atoms with Crippen molar-refractivity contribution in [3.05, 3.63) is 59.7 Å². The van der Waals surface area contributed by atoms with Gasteiger partial charge in [0.25, 0.3) is 0 Å². The van der Waals surface area contributed by atoms with Crippen LogP contribution in [0.3, 0.4) is 0 Å². The molecule has 2 aromatic carbocycles. The molecular formula is C28H32N2O5. The zero-order chi connectivity index (χ0) is 24.4. The first-order valence-electron chi connectivity index (χ1n) is 12.6. The van der Waals surface area contributed by atoms with Gasteiger partial charge < -0.3 is 20.1 Å². The summed E-state index contributed by atoms with van der Waals surface area (Å²) in [6.45, 7) is 1.27. The molecular weight excluding hydrogens is 444 g/mol. The summed E-state index contributed by atoms with van der Waals surface area (Å²) in [5.41, 5.74) is 4.45. The molecule has 1 saturated heterocycles. The van der Waals surface area contributed by atoms with Gasteiger partial charge in [-0.1, -0.05) is 55.0 Å². The number of carboxylic acid groups (broad SMARTS) is 1. The van der Waals surface area contributed by atoms with Crippen LogP contribution in [0.1, 0.15) is 62.0 Å². The average Bonchev–Trinajstić information content (AvgIpc) is 3.41. The molecule has 0 aromatic heterocycles. The van der Waals surface area contributed by atoms with E-state index in [1.54, 1.807) is 4.90 Å². The fourth-order valence-corrected chi connectivity index (χ4v) is 6.00. The lowest BCUT2D eigenvalue weighted by atomic mass is 9.66. The van der Waals surface area contributed by atoms with Gasteiger partial charge in [0.05, 0.1) is 6.42 Å². The number of rotatable bonds is 8. The molecule has 1 aliphatic heterocycles. The molecule has 1 atom stereocenters. The number of benzene rings is 2. The van der Waals surface area contributed by atoms with Crippen LogP contribution in [-0.4, -0.2) is 53.7 Å². The lowest BCUT2D eigenvalue weighted by molar-refractivity contribution is -0.141. The lowest BCUT2D eigenvalue weighted by Gasteiger charge is -2.42. The molecule has 0 bridgehead atoms. The lowest BCUT2D eigenvalue weighted by Crippen LogP contribution is -2.47. The highest BCUT2D eigenvalue weighted by molar-refractivity contribution is 5.80. The van der Waals surface area contributed by atoms with Crippen molar-refractivity contribution in [2.24, 2.45) is 5.41 Å². The van der Waals surface area contributed by atoms with Crippen LogP contribution in [-0.2, 0) is 14.3 Å². The van der Waals surface area contributed by atoms with E-state index in [0.717, 1.165) is 32.1 Å². The summed E-state index contributed by atoms with van der Waals surface area (Å²) in [6.07, 6.45) is 4.23. The van der Waals surface area contributed by atoms with E-state index >= 15 is 0 Å². The van der Waals surface area contributed by atoms with Gasteiger partial charge in [-0.25, -0.2) is 4.79 Å². The average molecular weight is 477 g/mol. The van der Waals surface area contributed by atoms with Crippen molar-refractivity contribution in [2.75, 3.05) is 19.7 Å². The monoisotopic (exact) mass is 476 g/mol. The molecule has 1 heterocycles. The Bertz CT molecular complexity index is 1080. The summed E-state index contributed by atoms with van der Waals surface area (Å²) in [7, 11) is 0. The Morgan fingerprint density at radius 1 is 1.00 bits per heavy atom. The summed E-state index contributed by atoms with van der Waals surface area (Å²) in [4.78, 5) is 38.5. The van der Waals surface area contributed by atoms with Crippen LogP contribution in [0.15, 0.2) is 48.5 Å². The van der Waals surface area contributed by atoms with Crippen molar-refractivity contribution in [3.63, 3.8) is 0 Å². The Morgan fingerprint density at radius 2 is 1.66 bits per heavy atom. The van der Waals surface area contributed by atoms with Crippen molar-refractivity contribution in [1.29, 1.82) is 0 Å². The highest BCUT2D eigenvalue weighted by Gasteiger charge is 2.42. The van der Waals surface area contributed by atoms with E-state index in [1.807, 2.05) is 24.3 Å². The first-order valence-corrected chi connectivity index (χ1v) is 12.6. The van der Waals surface area contributed by atoms with E-state index in [4.69, 9.17) is 9.84 Å². The van der Waals surface area contributed by atoms with Gasteiger partial charge in [0.15, 0.2) is 0 Å². The number of amides is 2. The van der Waals surface area contributed by atoms with Crippen LogP contribution in [0, 0.1) is 5.41 Å². The zero-order valence-corrected chi connectivity index (χ0v) is 19.9. The first kappa shape index (κ1) is 23.4. The number of carbonyl (C=O) groups is 3. The zero-order valence-electron chi connectivity index (χ0n) is 19.9. The van der Waals surface area contributed by atoms with E-state index in [9.17, 15) is 14.4 Å². The van der Waals surface area contributed by atoms with Crippen LogP contribution in [0.4, 0.5) is 4.79 Å². The van der Waals surface area contributed by atoms with Crippen molar-refractivity contribution < 1.29 is 24.2 Å². The summed E-state index contributed by atoms with van der Waals surface area (Å²) >= 11 is 0. The molecule has 35 heavy (non-hydrogen) atoms. The third-order valence-electron chi connectivity index (χ3n) is 8.00. The predicted octanol–water partition coefficient (Wildman–Crippen LogP) is 4.55. The first-order chi connectivity index (χ1) is 17.0. The second kappa shape index (κ2) is 9.72. The number of alkyl carbamates (subject to hydrolysis) is 1. The number of ether oxygens (including phenoxy) is 1. The Kier molecular flexibility index (Phi) is 6.50. The molecule has 2 amide bonds. The second-order valence-electron chi connectivity index (χ2n) is 10.2. The third-order valence-corrected chi connectivity index (χ3v) is 8.00. The van der Waals surface area contributed by atoms with Crippen LogP contribution in [0.25, 0.3) is 11.1 Å². The molecule has 2 aliphatic carbocycles. The number of likely N-dealkylation sites (tertiary alicyclic amines) is 1. The Balaban J connectivity index is 1.16. The number of hydrogen-bond donors (Lipinski definition) is 2. The standard InChI is InChI=1S/C28H32N2O5/c31-25(30-14-5-7-19(30)15-26(32)33)16-28(12-6-13-28)18-29-27(34)35-17-24-22-10-3-1-8-20(22)21-9-2-4-11-23(21)24/h1-4,8-11,19,24H,5-7,12-18H2,(H,29,34)(H,32,33). The molecule has 2 N–H and O–H groups in total. The van der Waals surface area contributed by atoms with E-state index in [-0.39, 0.29) is 36.3 Å². The summed E-state index contributed by atoms with van der Waals surface area (Å²) in [5.74, 6) is -0.860. The maximum Gasteiger partial charge on any atom is 0.407 e. The van der Waals surface area contributed by atoms with Gasteiger partial charge in [-0.3, -0.25) is 9.59 Å². The highest BCUT2D eigenvalue weighted by Crippen LogP contribution is 2.45. The third kappa shape index (κ3) is 4.77. The molecule has 1 unspecified atom stereocenters. The molecule has 1 saturated carbocycles. The predicted molar refractivity (Wildman–Crippen MR) is 131 cm³/mol.